The summed E-state index contributed by atoms with van der Waals surface area (Å²) in [4.78, 5) is 0. The van der Waals surface area contributed by atoms with Gasteiger partial charge in [0, 0.05) is 0 Å². The molecule has 0 aliphatic heterocycles. The molecule has 4 aromatic carbocycles. The van der Waals surface area contributed by atoms with E-state index in [9.17, 15) is 0 Å². The zero-order chi connectivity index (χ0) is 19.0. The van der Waals surface area contributed by atoms with Gasteiger partial charge < -0.3 is 0 Å². The van der Waals surface area contributed by atoms with Gasteiger partial charge in [-0.15, -0.1) is 0 Å². The Kier molecular flexibility index (Phi) is 5.60. The van der Waals surface area contributed by atoms with E-state index in [2.05, 4.69) is 133 Å². The van der Waals surface area contributed by atoms with Crippen LogP contribution in [-0.4, -0.2) is 0 Å². The van der Waals surface area contributed by atoms with Gasteiger partial charge in [0.05, 0.1) is 0 Å². The summed E-state index contributed by atoms with van der Waals surface area (Å²) in [5.41, 5.74) is 7.21. The highest BCUT2D eigenvalue weighted by Crippen LogP contribution is 2.34. The fraction of sp³-hybridized carbons (Fsp3) is 0. The molecule has 0 aliphatic rings. The van der Waals surface area contributed by atoms with E-state index in [1.807, 2.05) is 0 Å². The summed E-state index contributed by atoms with van der Waals surface area (Å²) in [7, 11) is 0. The predicted octanol–water partition coefficient (Wildman–Crippen LogP) is 7.47. The number of rotatable bonds is 5. The summed E-state index contributed by atoms with van der Waals surface area (Å²) >= 11 is 0. The van der Waals surface area contributed by atoms with E-state index in [-0.39, 0.29) is 0 Å². The number of allylic oxidation sites excluding steroid dienone is 2. The molecular weight excluding hydrogens is 336 g/mol. The molecule has 28 heavy (non-hydrogen) atoms. The van der Waals surface area contributed by atoms with Crippen molar-refractivity contribution in [1.29, 1.82) is 0 Å². The average molecular weight is 358 g/mol. The van der Waals surface area contributed by atoms with Gasteiger partial charge in [-0.25, -0.2) is 0 Å². The Morgan fingerprint density at radius 2 is 0.643 bits per heavy atom. The van der Waals surface area contributed by atoms with Crippen molar-refractivity contribution in [1.82, 2.24) is 0 Å². The van der Waals surface area contributed by atoms with Crippen LogP contribution in [0.1, 0.15) is 22.3 Å². The maximum Gasteiger partial charge on any atom is -0.00992 e. The van der Waals surface area contributed by atoms with Crippen LogP contribution < -0.4 is 0 Å². The molecule has 0 saturated heterocycles. The third-order valence-corrected chi connectivity index (χ3v) is 4.68. The monoisotopic (exact) mass is 358 g/mol. The van der Waals surface area contributed by atoms with Crippen molar-refractivity contribution in [2.24, 2.45) is 0 Å². The Bertz CT molecular complexity index is 967. The molecule has 4 aromatic rings. The molecule has 0 heteroatoms. The lowest BCUT2D eigenvalue weighted by Gasteiger charge is -2.15. The largest absolute Gasteiger partial charge is 0.0622 e. The lowest BCUT2D eigenvalue weighted by Crippen LogP contribution is -1.92. The fourth-order valence-corrected chi connectivity index (χ4v) is 3.30. The highest BCUT2D eigenvalue weighted by Gasteiger charge is 2.11. The second-order valence-corrected chi connectivity index (χ2v) is 6.67. The highest BCUT2D eigenvalue weighted by atomic mass is 14.1. The van der Waals surface area contributed by atoms with Gasteiger partial charge in [0.1, 0.15) is 0 Å². The summed E-state index contributed by atoms with van der Waals surface area (Å²) in [5.74, 6) is 0. The summed E-state index contributed by atoms with van der Waals surface area (Å²) in [6.45, 7) is 0. The Hall–Kier alpha value is -3.64. The minimum absolute atomic E-state index is 1.19. The van der Waals surface area contributed by atoms with Crippen LogP contribution >= 0.6 is 0 Å². The lowest BCUT2D eigenvalue weighted by atomic mass is 9.89. The molecule has 0 atom stereocenters. The lowest BCUT2D eigenvalue weighted by molar-refractivity contribution is 1.58. The van der Waals surface area contributed by atoms with Crippen molar-refractivity contribution in [2.75, 3.05) is 0 Å². The minimum Gasteiger partial charge on any atom is -0.0622 e. The molecule has 0 radical (unpaired) electrons. The molecule has 0 saturated carbocycles. The van der Waals surface area contributed by atoms with Gasteiger partial charge in [0.2, 0.25) is 0 Å². The summed E-state index contributed by atoms with van der Waals surface area (Å²) in [6.07, 6.45) is 4.55. The molecule has 0 heterocycles. The standard InChI is InChI=1S/C28H22/c1-5-13-23(14-6-1)21-27(25-17-9-3-10-18-25)28(26-19-11-4-12-20-26)22-24-15-7-2-8-16-24/h1-22H/b27-21+,28-22?. The van der Waals surface area contributed by atoms with Crippen molar-refractivity contribution in [3.8, 4) is 0 Å². The zero-order valence-electron chi connectivity index (χ0n) is 15.7. The maximum absolute atomic E-state index is 2.27. The van der Waals surface area contributed by atoms with Crippen LogP contribution in [0.3, 0.4) is 0 Å². The number of benzene rings is 4. The Balaban J connectivity index is 1.94. The first-order valence-electron chi connectivity index (χ1n) is 9.55. The maximum atomic E-state index is 2.27. The van der Waals surface area contributed by atoms with Crippen LogP contribution in [0.25, 0.3) is 23.3 Å². The highest BCUT2D eigenvalue weighted by molar-refractivity contribution is 6.15. The normalized spacial score (nSPS) is 12.0. The minimum atomic E-state index is 1.19. The first kappa shape index (κ1) is 17.8. The molecule has 134 valence electrons. The van der Waals surface area contributed by atoms with Crippen LogP contribution in [0.5, 0.6) is 0 Å². The smallest absolute Gasteiger partial charge is 0.00992 e. The van der Waals surface area contributed by atoms with Gasteiger partial charge in [-0.3, -0.25) is 0 Å². The second-order valence-electron chi connectivity index (χ2n) is 6.67. The first-order chi connectivity index (χ1) is 13.9. The van der Waals surface area contributed by atoms with E-state index in [0.29, 0.717) is 0 Å². The molecule has 0 unspecified atom stereocenters. The van der Waals surface area contributed by atoms with E-state index in [0.717, 1.165) is 0 Å². The second kappa shape index (κ2) is 8.83. The van der Waals surface area contributed by atoms with E-state index < -0.39 is 0 Å². The number of hydrogen-bond acceptors (Lipinski definition) is 0. The van der Waals surface area contributed by atoms with Gasteiger partial charge >= 0.3 is 0 Å². The van der Waals surface area contributed by atoms with E-state index in [1.165, 1.54) is 33.4 Å². The Morgan fingerprint density at radius 3 is 0.964 bits per heavy atom. The molecule has 0 N–H and O–H groups in total. The Morgan fingerprint density at radius 1 is 0.357 bits per heavy atom. The quantitative estimate of drug-likeness (QED) is 0.256. The SMILES string of the molecule is C(=C(/C(=C/c1ccccc1)c1ccccc1)c1ccccc1)c1ccccc1. The van der Waals surface area contributed by atoms with Gasteiger partial charge in [0.15, 0.2) is 0 Å². The van der Waals surface area contributed by atoms with Crippen molar-refractivity contribution in [2.45, 2.75) is 0 Å². The summed E-state index contributed by atoms with van der Waals surface area (Å²) in [5, 5.41) is 0. The predicted molar refractivity (Wildman–Crippen MR) is 122 cm³/mol. The molecule has 0 nitrogen and oxygen atoms in total. The molecule has 4 rings (SSSR count). The van der Waals surface area contributed by atoms with E-state index in [1.54, 1.807) is 0 Å². The van der Waals surface area contributed by atoms with Crippen molar-refractivity contribution in [3.05, 3.63) is 144 Å². The van der Waals surface area contributed by atoms with Gasteiger partial charge in [-0.05, 0) is 45.6 Å². The van der Waals surface area contributed by atoms with Gasteiger partial charge in [0.25, 0.3) is 0 Å². The summed E-state index contributed by atoms with van der Waals surface area (Å²) < 4.78 is 0. The van der Waals surface area contributed by atoms with Crippen LogP contribution in [0.4, 0.5) is 0 Å². The zero-order valence-corrected chi connectivity index (χ0v) is 15.7. The molecule has 0 fully saturated rings. The molecule has 0 aliphatic carbocycles. The van der Waals surface area contributed by atoms with Crippen LogP contribution in [0.15, 0.2) is 121 Å². The van der Waals surface area contributed by atoms with Crippen molar-refractivity contribution >= 4 is 23.3 Å². The molecule has 0 bridgehead atoms. The van der Waals surface area contributed by atoms with E-state index in [4.69, 9.17) is 0 Å². The molecule has 0 aromatic heterocycles. The Labute approximate surface area is 167 Å². The topological polar surface area (TPSA) is 0 Å². The third-order valence-electron chi connectivity index (χ3n) is 4.68. The van der Waals surface area contributed by atoms with Crippen molar-refractivity contribution < 1.29 is 0 Å². The average Bonchev–Trinajstić information content (AvgIpc) is 2.79. The van der Waals surface area contributed by atoms with Crippen LogP contribution in [0.2, 0.25) is 0 Å². The third kappa shape index (κ3) is 4.36. The fourth-order valence-electron chi connectivity index (χ4n) is 3.30. The number of hydrogen-bond donors (Lipinski definition) is 0. The van der Waals surface area contributed by atoms with Crippen LogP contribution in [0, 0.1) is 0 Å². The molecule has 0 amide bonds. The van der Waals surface area contributed by atoms with E-state index >= 15 is 0 Å². The van der Waals surface area contributed by atoms with Gasteiger partial charge in [-0.1, -0.05) is 121 Å². The van der Waals surface area contributed by atoms with Crippen LogP contribution in [-0.2, 0) is 0 Å². The molecule has 0 spiro atoms. The summed E-state index contributed by atoms with van der Waals surface area (Å²) in [6, 6.07) is 42.2. The first-order valence-corrected chi connectivity index (χ1v) is 9.55. The molecular formula is C28H22. The van der Waals surface area contributed by atoms with Gasteiger partial charge in [-0.2, -0.15) is 0 Å². The van der Waals surface area contributed by atoms with Crippen molar-refractivity contribution in [3.63, 3.8) is 0 Å².